The minimum Gasteiger partial charge on any atom is -0.396 e. The summed E-state index contributed by atoms with van der Waals surface area (Å²) in [5.74, 6) is 2.69. The van der Waals surface area contributed by atoms with Crippen LogP contribution in [-0.2, 0) is 0 Å². The summed E-state index contributed by atoms with van der Waals surface area (Å²) in [5.41, 5.74) is 0. The van der Waals surface area contributed by atoms with Gasteiger partial charge < -0.3 is 5.11 Å². The first-order valence-electron chi connectivity index (χ1n) is 6.96. The van der Waals surface area contributed by atoms with Crippen LogP contribution in [0.1, 0.15) is 77.0 Å². The van der Waals surface area contributed by atoms with Gasteiger partial charge in [0.05, 0.1) is 0 Å². The van der Waals surface area contributed by atoms with Crippen LogP contribution in [0.15, 0.2) is 0 Å². The molecular weight excluding hydrogens is 196 g/mol. The van der Waals surface area contributed by atoms with Gasteiger partial charge in [0, 0.05) is 13.0 Å². The lowest BCUT2D eigenvalue weighted by atomic mass is 10.1. The molecule has 0 aromatic rings. The van der Waals surface area contributed by atoms with Crippen LogP contribution in [0.5, 0.6) is 0 Å². The predicted molar refractivity (Wildman–Crippen MR) is 71.3 cm³/mol. The third kappa shape index (κ3) is 13.5. The van der Waals surface area contributed by atoms with E-state index < -0.39 is 0 Å². The molecule has 1 nitrogen and oxygen atoms in total. The summed E-state index contributed by atoms with van der Waals surface area (Å²) >= 11 is 0. The minimum absolute atomic E-state index is 0.359. The average Bonchev–Trinajstić information content (AvgIpc) is 2.31. The zero-order valence-corrected chi connectivity index (χ0v) is 10.7. The largest absolute Gasteiger partial charge is 0.396 e. The number of aliphatic hydroxyl groups is 1. The molecule has 0 unspecified atom stereocenters. The number of aliphatic hydroxyl groups excluding tert-OH is 1. The summed E-state index contributed by atoms with van der Waals surface area (Å²) in [5, 5.41) is 8.62. The summed E-state index contributed by atoms with van der Waals surface area (Å²) in [6.07, 6.45) is 20.3. The van der Waals surface area contributed by atoms with E-state index in [-0.39, 0.29) is 0 Å². The molecule has 0 fully saturated rings. The Morgan fingerprint density at radius 2 is 1.00 bits per heavy atom. The van der Waals surface area contributed by atoms with Gasteiger partial charge in [-0.1, -0.05) is 57.8 Å². The first kappa shape index (κ1) is 15.5. The number of rotatable bonds is 12. The van der Waals surface area contributed by atoms with E-state index in [1.54, 1.807) is 0 Å². The molecule has 0 aliphatic heterocycles. The Labute approximate surface area is 102 Å². The van der Waals surface area contributed by atoms with Crippen molar-refractivity contribution in [1.82, 2.24) is 0 Å². The summed E-state index contributed by atoms with van der Waals surface area (Å²) in [7, 11) is 0. The zero-order valence-electron chi connectivity index (χ0n) is 10.7. The lowest BCUT2D eigenvalue weighted by molar-refractivity contribution is 0.282. The molecule has 1 heteroatoms. The number of hydrogen-bond donors (Lipinski definition) is 1. The molecule has 0 aliphatic rings. The Balaban J connectivity index is 2.86. The van der Waals surface area contributed by atoms with Crippen molar-refractivity contribution in [3.63, 3.8) is 0 Å². The fraction of sp³-hybridized carbons (Fsp3) is 0.867. The molecule has 1 N–H and O–H groups in total. The van der Waals surface area contributed by atoms with Crippen molar-refractivity contribution >= 4 is 0 Å². The van der Waals surface area contributed by atoms with Crippen molar-refractivity contribution in [3.05, 3.63) is 0 Å². The predicted octanol–water partition coefficient (Wildman–Crippen LogP) is 4.29. The van der Waals surface area contributed by atoms with Gasteiger partial charge in [0.2, 0.25) is 0 Å². The standard InChI is InChI=1S/C15H28O/c1-2-3-4-5-6-7-8-9-10-11-12-13-14-15-16/h1,16H,3-15H2. The van der Waals surface area contributed by atoms with E-state index in [1.807, 2.05) is 0 Å². The first-order chi connectivity index (χ1) is 7.91. The monoisotopic (exact) mass is 224 g/mol. The Hall–Kier alpha value is -0.480. The lowest BCUT2D eigenvalue weighted by Crippen LogP contribution is -1.84. The summed E-state index contributed by atoms with van der Waals surface area (Å²) in [4.78, 5) is 0. The molecule has 0 rings (SSSR count). The van der Waals surface area contributed by atoms with Crippen molar-refractivity contribution in [3.8, 4) is 12.3 Å². The minimum atomic E-state index is 0.359. The van der Waals surface area contributed by atoms with Crippen LogP contribution in [0, 0.1) is 12.3 Å². The van der Waals surface area contributed by atoms with Gasteiger partial charge in [0.1, 0.15) is 0 Å². The first-order valence-corrected chi connectivity index (χ1v) is 6.96. The second-order valence-corrected chi connectivity index (χ2v) is 4.57. The van der Waals surface area contributed by atoms with Crippen LogP contribution < -0.4 is 0 Å². The summed E-state index contributed by atoms with van der Waals surface area (Å²) < 4.78 is 0. The maximum atomic E-state index is 8.62. The summed E-state index contributed by atoms with van der Waals surface area (Å²) in [6.45, 7) is 0.359. The van der Waals surface area contributed by atoms with Crippen molar-refractivity contribution in [2.45, 2.75) is 77.0 Å². The van der Waals surface area contributed by atoms with Crippen LogP contribution in [0.3, 0.4) is 0 Å². The fourth-order valence-electron chi connectivity index (χ4n) is 1.93. The molecule has 0 radical (unpaired) electrons. The van der Waals surface area contributed by atoms with Gasteiger partial charge in [0.25, 0.3) is 0 Å². The SMILES string of the molecule is C#CCCCCCCCCCCCCCO. The number of hydrogen-bond acceptors (Lipinski definition) is 1. The Kier molecular flexibility index (Phi) is 14.1. The Bertz CT molecular complexity index is 157. The molecule has 0 heterocycles. The number of unbranched alkanes of at least 4 members (excludes halogenated alkanes) is 11. The molecular formula is C15H28O. The van der Waals surface area contributed by atoms with Gasteiger partial charge in [-0.3, -0.25) is 0 Å². The maximum Gasteiger partial charge on any atom is 0.0431 e. The van der Waals surface area contributed by atoms with Crippen molar-refractivity contribution in [2.24, 2.45) is 0 Å². The van der Waals surface area contributed by atoms with Gasteiger partial charge in [-0.25, -0.2) is 0 Å². The van der Waals surface area contributed by atoms with Crippen LogP contribution in [-0.4, -0.2) is 11.7 Å². The molecule has 0 aromatic heterocycles. The van der Waals surface area contributed by atoms with Crippen LogP contribution in [0.25, 0.3) is 0 Å². The average molecular weight is 224 g/mol. The molecule has 0 spiro atoms. The van der Waals surface area contributed by atoms with Crippen molar-refractivity contribution in [1.29, 1.82) is 0 Å². The third-order valence-corrected chi connectivity index (χ3v) is 2.98. The quantitative estimate of drug-likeness (QED) is 0.387. The van der Waals surface area contributed by atoms with Crippen LogP contribution in [0.4, 0.5) is 0 Å². The molecule has 0 bridgehead atoms. The normalized spacial score (nSPS) is 10.2. The van der Waals surface area contributed by atoms with Gasteiger partial charge in [0.15, 0.2) is 0 Å². The highest BCUT2D eigenvalue weighted by Gasteiger charge is 1.92. The van der Waals surface area contributed by atoms with E-state index in [1.165, 1.54) is 64.2 Å². The molecule has 0 saturated carbocycles. The molecule has 0 atom stereocenters. The van der Waals surface area contributed by atoms with Crippen LogP contribution >= 0.6 is 0 Å². The molecule has 0 amide bonds. The van der Waals surface area contributed by atoms with Crippen LogP contribution in [0.2, 0.25) is 0 Å². The van der Waals surface area contributed by atoms with E-state index in [4.69, 9.17) is 11.5 Å². The fourth-order valence-corrected chi connectivity index (χ4v) is 1.93. The highest BCUT2D eigenvalue weighted by Crippen LogP contribution is 2.11. The van der Waals surface area contributed by atoms with E-state index in [0.717, 1.165) is 12.8 Å². The van der Waals surface area contributed by atoms with Crippen molar-refractivity contribution < 1.29 is 5.11 Å². The van der Waals surface area contributed by atoms with Gasteiger partial charge in [-0.15, -0.1) is 12.3 Å². The Morgan fingerprint density at radius 1 is 0.625 bits per heavy atom. The van der Waals surface area contributed by atoms with E-state index in [9.17, 15) is 0 Å². The van der Waals surface area contributed by atoms with Gasteiger partial charge in [-0.05, 0) is 12.8 Å². The molecule has 0 saturated heterocycles. The van der Waals surface area contributed by atoms with E-state index in [2.05, 4.69) is 5.92 Å². The zero-order chi connectivity index (χ0) is 11.9. The third-order valence-electron chi connectivity index (χ3n) is 2.98. The molecule has 94 valence electrons. The maximum absolute atomic E-state index is 8.62. The lowest BCUT2D eigenvalue weighted by Gasteiger charge is -2.01. The topological polar surface area (TPSA) is 20.2 Å². The smallest absolute Gasteiger partial charge is 0.0431 e. The molecule has 0 aliphatic carbocycles. The second-order valence-electron chi connectivity index (χ2n) is 4.57. The van der Waals surface area contributed by atoms with E-state index in [0.29, 0.717) is 6.61 Å². The number of terminal acetylenes is 1. The summed E-state index contributed by atoms with van der Waals surface area (Å²) in [6, 6.07) is 0. The van der Waals surface area contributed by atoms with Gasteiger partial charge >= 0.3 is 0 Å². The van der Waals surface area contributed by atoms with Crippen molar-refractivity contribution in [2.75, 3.05) is 6.61 Å². The highest BCUT2D eigenvalue weighted by atomic mass is 16.2. The Morgan fingerprint density at radius 3 is 1.38 bits per heavy atom. The molecule has 16 heavy (non-hydrogen) atoms. The molecule has 0 aromatic carbocycles. The highest BCUT2D eigenvalue weighted by molar-refractivity contribution is 4.82. The van der Waals surface area contributed by atoms with E-state index >= 15 is 0 Å². The second kappa shape index (κ2) is 14.5. The van der Waals surface area contributed by atoms with Gasteiger partial charge in [-0.2, -0.15) is 0 Å².